The number of nitrogens with one attached hydrogen (secondary N) is 1. The summed E-state index contributed by atoms with van der Waals surface area (Å²) in [6.45, 7) is 0.139. The van der Waals surface area contributed by atoms with Crippen LogP contribution in [0.2, 0.25) is 0 Å². The largest absolute Gasteiger partial charge is 0.338 e. The van der Waals surface area contributed by atoms with E-state index in [9.17, 15) is 18.4 Å². The average molecular weight is 418 g/mol. The van der Waals surface area contributed by atoms with Gasteiger partial charge in [-0.2, -0.15) is 0 Å². The van der Waals surface area contributed by atoms with E-state index in [1.165, 1.54) is 4.90 Å². The normalized spacial score (nSPS) is 16.0. The lowest BCUT2D eigenvalue weighted by Crippen LogP contribution is -2.42. The Bertz CT molecular complexity index is 1370. The molecule has 1 N–H and O–H groups in total. The van der Waals surface area contributed by atoms with Crippen molar-refractivity contribution in [3.63, 3.8) is 0 Å². The van der Waals surface area contributed by atoms with Crippen LogP contribution in [0.4, 0.5) is 8.78 Å². The number of piperidine rings is 1. The minimum atomic E-state index is -2.68. The third-order valence-corrected chi connectivity index (χ3v) is 5.98. The number of aromatic nitrogens is 1. The number of carbonyl (C=O) groups is 1. The summed E-state index contributed by atoms with van der Waals surface area (Å²) >= 11 is 0. The van der Waals surface area contributed by atoms with E-state index in [4.69, 9.17) is 0 Å². The first kappa shape index (κ1) is 19.4. The number of pyridine rings is 1. The molecule has 1 aliphatic rings. The van der Waals surface area contributed by atoms with Crippen LogP contribution in [0.15, 0.2) is 71.7 Å². The van der Waals surface area contributed by atoms with Crippen LogP contribution in [0.5, 0.6) is 0 Å². The Morgan fingerprint density at radius 1 is 0.839 bits per heavy atom. The summed E-state index contributed by atoms with van der Waals surface area (Å²) in [4.78, 5) is 28.9. The third kappa shape index (κ3) is 3.69. The van der Waals surface area contributed by atoms with E-state index in [2.05, 4.69) is 4.98 Å². The first-order valence-corrected chi connectivity index (χ1v) is 10.2. The minimum absolute atomic E-state index is 0.0696. The van der Waals surface area contributed by atoms with Gasteiger partial charge in [-0.15, -0.1) is 0 Å². The van der Waals surface area contributed by atoms with Crippen LogP contribution in [0.25, 0.3) is 32.7 Å². The number of H-pyrrole nitrogens is 1. The van der Waals surface area contributed by atoms with Crippen molar-refractivity contribution in [2.45, 2.75) is 18.8 Å². The summed E-state index contributed by atoms with van der Waals surface area (Å²) in [6, 6.07) is 19.0. The first-order valence-electron chi connectivity index (χ1n) is 10.2. The molecule has 0 bridgehead atoms. The molecule has 5 rings (SSSR count). The highest BCUT2D eigenvalue weighted by Gasteiger charge is 2.35. The molecule has 2 heterocycles. The zero-order chi connectivity index (χ0) is 21.6. The Hall–Kier alpha value is -3.54. The lowest BCUT2D eigenvalue weighted by Gasteiger charge is -2.31. The summed E-state index contributed by atoms with van der Waals surface area (Å²) in [7, 11) is 0. The van der Waals surface area contributed by atoms with Gasteiger partial charge in [-0.3, -0.25) is 9.59 Å². The molecule has 1 amide bonds. The number of nitrogens with zero attached hydrogens (tertiary/aromatic N) is 1. The molecule has 1 aromatic heterocycles. The second-order valence-corrected chi connectivity index (χ2v) is 8.03. The Morgan fingerprint density at radius 3 is 2.29 bits per heavy atom. The van der Waals surface area contributed by atoms with Crippen LogP contribution in [0, 0.1) is 0 Å². The van der Waals surface area contributed by atoms with E-state index in [-0.39, 0.29) is 37.4 Å². The van der Waals surface area contributed by atoms with E-state index in [1.807, 2.05) is 48.5 Å². The second-order valence-electron chi connectivity index (χ2n) is 8.03. The predicted molar refractivity (Wildman–Crippen MR) is 118 cm³/mol. The molecule has 31 heavy (non-hydrogen) atoms. The summed E-state index contributed by atoms with van der Waals surface area (Å²) < 4.78 is 26.8. The second kappa shape index (κ2) is 7.30. The molecule has 0 atom stereocenters. The van der Waals surface area contributed by atoms with Gasteiger partial charge in [-0.05, 0) is 63.7 Å². The van der Waals surface area contributed by atoms with Crippen LogP contribution in [-0.4, -0.2) is 34.8 Å². The van der Waals surface area contributed by atoms with Gasteiger partial charge in [0, 0.05) is 43.1 Å². The number of rotatable bonds is 2. The summed E-state index contributed by atoms with van der Waals surface area (Å²) in [6.07, 6.45) is 1.05. The Labute approximate surface area is 177 Å². The number of alkyl halides is 2. The fraction of sp³-hybridized carbons (Fsp3) is 0.200. The molecule has 156 valence electrons. The molecule has 6 heteroatoms. The smallest absolute Gasteiger partial charge is 0.255 e. The van der Waals surface area contributed by atoms with Gasteiger partial charge in [-0.1, -0.05) is 24.3 Å². The van der Waals surface area contributed by atoms with Gasteiger partial charge >= 0.3 is 0 Å². The van der Waals surface area contributed by atoms with E-state index < -0.39 is 5.92 Å². The van der Waals surface area contributed by atoms with Crippen molar-refractivity contribution in [1.29, 1.82) is 0 Å². The van der Waals surface area contributed by atoms with Crippen LogP contribution < -0.4 is 5.56 Å². The van der Waals surface area contributed by atoms with Crippen LogP contribution in [0.3, 0.4) is 0 Å². The van der Waals surface area contributed by atoms with Gasteiger partial charge in [0.1, 0.15) is 0 Å². The van der Waals surface area contributed by atoms with Crippen LogP contribution in [-0.2, 0) is 0 Å². The van der Waals surface area contributed by atoms with Gasteiger partial charge in [0.05, 0.1) is 0 Å². The van der Waals surface area contributed by atoms with Crippen LogP contribution >= 0.6 is 0 Å². The molecule has 0 radical (unpaired) electrons. The Morgan fingerprint density at radius 2 is 1.52 bits per heavy atom. The maximum Gasteiger partial charge on any atom is 0.255 e. The Balaban J connectivity index is 1.48. The number of aromatic amines is 1. The summed E-state index contributed by atoms with van der Waals surface area (Å²) in [5.41, 5.74) is 2.31. The van der Waals surface area contributed by atoms with Crippen molar-refractivity contribution in [3.8, 4) is 11.1 Å². The maximum absolute atomic E-state index is 13.4. The fourth-order valence-corrected chi connectivity index (χ4v) is 4.15. The standard InChI is InChI=1S/C25H20F2N2O2/c26-25(27)8-11-29(12-9-25)24(31)20-4-2-16-1-3-17(14-21(16)15-20)18-5-6-22-19(13-18)7-10-28-23(22)30/h1-7,10,13-15H,8-9,11-12H2,(H,28,30). The fourth-order valence-electron chi connectivity index (χ4n) is 4.15. The highest BCUT2D eigenvalue weighted by molar-refractivity contribution is 5.99. The van der Waals surface area contributed by atoms with E-state index in [0.29, 0.717) is 10.9 Å². The number of hydrogen-bond donors (Lipinski definition) is 1. The number of fused-ring (bicyclic) bond motifs is 2. The molecule has 0 unspecified atom stereocenters. The average Bonchev–Trinajstić information content (AvgIpc) is 2.78. The van der Waals surface area contributed by atoms with Crippen molar-refractivity contribution in [2.24, 2.45) is 0 Å². The highest BCUT2D eigenvalue weighted by Crippen LogP contribution is 2.30. The number of halogens is 2. The highest BCUT2D eigenvalue weighted by atomic mass is 19.3. The minimum Gasteiger partial charge on any atom is -0.338 e. The first-order chi connectivity index (χ1) is 14.9. The number of amides is 1. The number of hydrogen-bond acceptors (Lipinski definition) is 2. The van der Waals surface area contributed by atoms with Crippen molar-refractivity contribution in [2.75, 3.05) is 13.1 Å². The van der Waals surface area contributed by atoms with E-state index in [1.54, 1.807) is 18.3 Å². The molecule has 4 nitrogen and oxygen atoms in total. The van der Waals surface area contributed by atoms with Gasteiger partial charge in [0.25, 0.3) is 17.4 Å². The molecule has 0 saturated carbocycles. The van der Waals surface area contributed by atoms with Gasteiger partial charge in [0.2, 0.25) is 0 Å². The van der Waals surface area contributed by atoms with Crippen LogP contribution in [0.1, 0.15) is 23.2 Å². The molecule has 0 aliphatic carbocycles. The zero-order valence-corrected chi connectivity index (χ0v) is 16.7. The van der Waals surface area contributed by atoms with Crippen molar-refractivity contribution in [1.82, 2.24) is 9.88 Å². The van der Waals surface area contributed by atoms with Gasteiger partial charge in [-0.25, -0.2) is 8.78 Å². The van der Waals surface area contributed by atoms with Crippen molar-refractivity contribution in [3.05, 3.63) is 82.8 Å². The lowest BCUT2D eigenvalue weighted by molar-refractivity contribution is -0.0494. The molecule has 4 aromatic rings. The molecular formula is C25H20F2N2O2. The van der Waals surface area contributed by atoms with Crippen molar-refractivity contribution < 1.29 is 13.6 Å². The van der Waals surface area contributed by atoms with E-state index >= 15 is 0 Å². The van der Waals surface area contributed by atoms with Gasteiger partial charge < -0.3 is 9.88 Å². The van der Waals surface area contributed by atoms with E-state index in [0.717, 1.165) is 27.3 Å². The number of benzene rings is 3. The van der Waals surface area contributed by atoms with Gasteiger partial charge in [0.15, 0.2) is 0 Å². The molecular weight excluding hydrogens is 398 g/mol. The summed E-state index contributed by atoms with van der Waals surface area (Å²) in [5, 5.41) is 3.37. The SMILES string of the molecule is O=C(c1ccc2ccc(-c3ccc4c(=O)[nH]ccc4c3)cc2c1)N1CCC(F)(F)CC1. The quantitative estimate of drug-likeness (QED) is 0.485. The summed E-state index contributed by atoms with van der Waals surface area (Å²) in [5.74, 6) is -2.90. The predicted octanol–water partition coefficient (Wildman–Crippen LogP) is 5.22. The number of likely N-dealkylation sites (tertiary alicyclic amines) is 1. The Kier molecular flexibility index (Phi) is 4.58. The monoisotopic (exact) mass is 418 g/mol. The maximum atomic E-state index is 13.4. The van der Waals surface area contributed by atoms with Crippen molar-refractivity contribution >= 4 is 27.5 Å². The molecule has 3 aromatic carbocycles. The number of carbonyl (C=O) groups excluding carboxylic acids is 1. The zero-order valence-electron chi connectivity index (χ0n) is 16.7. The molecule has 1 fully saturated rings. The molecule has 0 spiro atoms. The topological polar surface area (TPSA) is 53.2 Å². The molecule has 1 aliphatic heterocycles. The lowest BCUT2D eigenvalue weighted by atomic mass is 9.98. The molecule has 1 saturated heterocycles. The third-order valence-electron chi connectivity index (χ3n) is 5.98.